The van der Waals surface area contributed by atoms with Crippen LogP contribution < -0.4 is 4.74 Å². The summed E-state index contributed by atoms with van der Waals surface area (Å²) in [6.45, 7) is 1.72. The average molecular weight is 370 g/mol. The number of ether oxygens (including phenoxy) is 1. The van der Waals surface area contributed by atoms with E-state index in [2.05, 4.69) is 5.10 Å². The maximum Gasteiger partial charge on any atom is 0.283 e. The summed E-state index contributed by atoms with van der Waals surface area (Å²) >= 11 is 0. The lowest BCUT2D eigenvalue weighted by Crippen LogP contribution is -2.29. The molecule has 28 heavy (non-hydrogen) atoms. The van der Waals surface area contributed by atoms with E-state index in [4.69, 9.17) is 4.74 Å². The number of nitrogens with zero attached hydrogens (tertiary/aromatic N) is 2. The van der Waals surface area contributed by atoms with Crippen LogP contribution in [0, 0.1) is 0 Å². The topological polar surface area (TPSA) is 59.0 Å². The van der Waals surface area contributed by atoms with Gasteiger partial charge in [-0.1, -0.05) is 48.5 Å². The second-order valence-corrected chi connectivity index (χ2v) is 6.43. The molecule has 3 aromatic carbocycles. The molecule has 5 nitrogen and oxygen atoms in total. The molecule has 2 amide bonds. The zero-order valence-corrected chi connectivity index (χ0v) is 15.5. The molecule has 0 fully saturated rings. The van der Waals surface area contributed by atoms with E-state index < -0.39 is 11.8 Å². The largest absolute Gasteiger partial charge is 0.496 e. The standard InChI is InChI=1S/C23H18N2O3/c1-15-19(23(27)25(24-15)22(26)17-9-4-3-5-10-17)14-20-18-11-7-6-8-16(18)12-13-21(20)28-2/h3-14H,1-2H3/b19-14+. The minimum absolute atomic E-state index is 0.374. The van der Waals surface area contributed by atoms with E-state index in [1.165, 1.54) is 0 Å². The number of carbonyl (C=O) groups excluding carboxylic acids is 2. The number of hydrogen-bond donors (Lipinski definition) is 0. The third-order valence-electron chi connectivity index (χ3n) is 4.71. The Labute approximate surface area is 162 Å². The number of carbonyl (C=O) groups is 2. The zero-order valence-electron chi connectivity index (χ0n) is 15.5. The normalized spacial score (nSPS) is 15.2. The van der Waals surface area contributed by atoms with E-state index in [0.29, 0.717) is 22.6 Å². The van der Waals surface area contributed by atoms with Gasteiger partial charge < -0.3 is 4.74 Å². The molecule has 138 valence electrons. The highest BCUT2D eigenvalue weighted by Crippen LogP contribution is 2.31. The van der Waals surface area contributed by atoms with E-state index in [1.807, 2.05) is 42.5 Å². The van der Waals surface area contributed by atoms with Gasteiger partial charge in [0.1, 0.15) is 5.75 Å². The van der Waals surface area contributed by atoms with Crippen LogP contribution in [0.2, 0.25) is 0 Å². The van der Waals surface area contributed by atoms with Gasteiger partial charge in [-0.25, -0.2) is 0 Å². The highest BCUT2D eigenvalue weighted by atomic mass is 16.5. The Hall–Kier alpha value is -3.73. The second kappa shape index (κ2) is 7.12. The summed E-state index contributed by atoms with van der Waals surface area (Å²) in [5.74, 6) is -0.237. The van der Waals surface area contributed by atoms with E-state index in [-0.39, 0.29) is 0 Å². The lowest BCUT2D eigenvalue weighted by molar-refractivity contribution is -0.123. The van der Waals surface area contributed by atoms with Gasteiger partial charge in [-0.05, 0) is 42.0 Å². The summed E-state index contributed by atoms with van der Waals surface area (Å²) in [5.41, 5.74) is 2.06. The maximum absolute atomic E-state index is 13.0. The van der Waals surface area contributed by atoms with Crippen LogP contribution in [-0.4, -0.2) is 29.6 Å². The van der Waals surface area contributed by atoms with Gasteiger partial charge in [-0.3, -0.25) is 9.59 Å². The predicted molar refractivity (Wildman–Crippen MR) is 109 cm³/mol. The van der Waals surface area contributed by atoms with E-state index in [9.17, 15) is 9.59 Å². The van der Waals surface area contributed by atoms with Gasteiger partial charge in [-0.2, -0.15) is 10.1 Å². The van der Waals surface area contributed by atoms with Crippen molar-refractivity contribution in [3.63, 3.8) is 0 Å². The number of methoxy groups -OCH3 is 1. The second-order valence-electron chi connectivity index (χ2n) is 6.43. The van der Waals surface area contributed by atoms with Gasteiger partial charge in [0, 0.05) is 11.1 Å². The van der Waals surface area contributed by atoms with Crippen molar-refractivity contribution in [2.75, 3.05) is 7.11 Å². The summed E-state index contributed by atoms with van der Waals surface area (Å²) in [4.78, 5) is 25.6. The molecular formula is C23H18N2O3. The average Bonchev–Trinajstić information content (AvgIpc) is 3.02. The molecule has 5 heteroatoms. The lowest BCUT2D eigenvalue weighted by atomic mass is 10.00. The Balaban J connectivity index is 1.78. The predicted octanol–water partition coefficient (Wildman–Crippen LogP) is 4.29. The SMILES string of the molecule is COc1ccc2ccccc2c1/C=C1/C(=O)N(C(=O)c2ccccc2)N=C1C. The first-order valence-electron chi connectivity index (χ1n) is 8.87. The number of imide groups is 1. The van der Waals surface area contributed by atoms with Crippen LogP contribution in [0.25, 0.3) is 16.8 Å². The highest BCUT2D eigenvalue weighted by molar-refractivity contribution is 6.31. The quantitative estimate of drug-likeness (QED) is 0.510. The summed E-state index contributed by atoms with van der Waals surface area (Å²) in [5, 5.41) is 7.12. The van der Waals surface area contributed by atoms with Gasteiger partial charge >= 0.3 is 0 Å². The monoisotopic (exact) mass is 370 g/mol. The molecule has 0 saturated carbocycles. The van der Waals surface area contributed by atoms with Crippen LogP contribution in [0.1, 0.15) is 22.8 Å². The van der Waals surface area contributed by atoms with Crippen LogP contribution in [0.4, 0.5) is 0 Å². The van der Waals surface area contributed by atoms with E-state index >= 15 is 0 Å². The van der Waals surface area contributed by atoms with Crippen molar-refractivity contribution in [3.05, 3.63) is 83.4 Å². The number of fused-ring (bicyclic) bond motifs is 1. The number of amides is 2. The van der Waals surface area contributed by atoms with Crippen molar-refractivity contribution in [2.45, 2.75) is 6.92 Å². The molecule has 1 aliphatic rings. The number of hydrogen-bond acceptors (Lipinski definition) is 4. The van der Waals surface area contributed by atoms with E-state index in [0.717, 1.165) is 21.3 Å². The van der Waals surface area contributed by atoms with E-state index in [1.54, 1.807) is 44.4 Å². The molecule has 0 aromatic heterocycles. The van der Waals surface area contributed by atoms with Crippen molar-refractivity contribution in [1.82, 2.24) is 5.01 Å². The number of rotatable bonds is 3. The molecule has 4 rings (SSSR count). The minimum atomic E-state index is -0.446. The number of benzene rings is 3. The molecular weight excluding hydrogens is 352 g/mol. The van der Waals surface area contributed by atoms with Crippen molar-refractivity contribution < 1.29 is 14.3 Å². The van der Waals surface area contributed by atoms with Gasteiger partial charge in [0.05, 0.1) is 18.4 Å². The van der Waals surface area contributed by atoms with Crippen LogP contribution in [-0.2, 0) is 4.79 Å². The summed E-state index contributed by atoms with van der Waals surface area (Å²) in [7, 11) is 1.59. The van der Waals surface area contributed by atoms with Crippen molar-refractivity contribution >= 4 is 34.4 Å². The molecule has 0 unspecified atom stereocenters. The zero-order chi connectivity index (χ0) is 19.7. The molecule has 3 aromatic rings. The molecule has 0 bridgehead atoms. The Kier molecular flexibility index (Phi) is 4.49. The minimum Gasteiger partial charge on any atom is -0.496 e. The molecule has 1 aliphatic heterocycles. The lowest BCUT2D eigenvalue weighted by Gasteiger charge is -2.11. The Morgan fingerprint density at radius 3 is 2.46 bits per heavy atom. The van der Waals surface area contributed by atoms with Gasteiger partial charge in [-0.15, -0.1) is 0 Å². The fraction of sp³-hybridized carbons (Fsp3) is 0.0870. The third-order valence-corrected chi connectivity index (χ3v) is 4.71. The van der Waals surface area contributed by atoms with Crippen LogP contribution in [0.5, 0.6) is 5.75 Å². The molecule has 0 saturated heterocycles. The summed E-state index contributed by atoms with van der Waals surface area (Å²) in [6.07, 6.45) is 1.75. The fourth-order valence-electron chi connectivity index (χ4n) is 3.27. The van der Waals surface area contributed by atoms with Gasteiger partial charge in [0.25, 0.3) is 11.8 Å². The van der Waals surface area contributed by atoms with Crippen molar-refractivity contribution in [1.29, 1.82) is 0 Å². The first kappa shape index (κ1) is 17.7. The molecule has 0 N–H and O–H groups in total. The van der Waals surface area contributed by atoms with Crippen LogP contribution >= 0.6 is 0 Å². The first-order valence-corrected chi connectivity index (χ1v) is 8.87. The summed E-state index contributed by atoms with van der Waals surface area (Å²) in [6, 6.07) is 20.4. The van der Waals surface area contributed by atoms with Gasteiger partial charge in [0.2, 0.25) is 0 Å². The van der Waals surface area contributed by atoms with Crippen LogP contribution in [0.3, 0.4) is 0 Å². The molecule has 0 atom stereocenters. The number of hydrazone groups is 1. The Morgan fingerprint density at radius 2 is 1.71 bits per heavy atom. The Morgan fingerprint density at radius 1 is 1.00 bits per heavy atom. The fourth-order valence-corrected chi connectivity index (χ4v) is 3.27. The van der Waals surface area contributed by atoms with Crippen LogP contribution in [0.15, 0.2) is 77.4 Å². The summed E-state index contributed by atoms with van der Waals surface area (Å²) < 4.78 is 5.50. The maximum atomic E-state index is 13.0. The van der Waals surface area contributed by atoms with Gasteiger partial charge in [0.15, 0.2) is 0 Å². The molecule has 0 spiro atoms. The van der Waals surface area contributed by atoms with Crippen molar-refractivity contribution in [3.8, 4) is 5.75 Å². The molecule has 0 radical (unpaired) electrons. The highest BCUT2D eigenvalue weighted by Gasteiger charge is 2.33. The van der Waals surface area contributed by atoms with Crippen molar-refractivity contribution in [2.24, 2.45) is 5.10 Å². The molecule has 1 heterocycles. The first-order chi connectivity index (χ1) is 13.6. The molecule has 0 aliphatic carbocycles. The Bertz CT molecular complexity index is 1150. The third kappa shape index (κ3) is 2.97. The smallest absolute Gasteiger partial charge is 0.283 e.